The number of hydrogen-bond donors (Lipinski definition) is 1. The van der Waals surface area contributed by atoms with E-state index in [1.165, 1.54) is 30.4 Å². The van der Waals surface area contributed by atoms with Gasteiger partial charge in [-0.25, -0.2) is 0 Å². The van der Waals surface area contributed by atoms with Gasteiger partial charge in [0.2, 0.25) is 5.91 Å². The molecule has 0 radical (unpaired) electrons. The van der Waals surface area contributed by atoms with Crippen LogP contribution in [0.15, 0.2) is 24.3 Å². The number of likely N-dealkylation sites (tertiary alicyclic amines) is 1. The van der Waals surface area contributed by atoms with Gasteiger partial charge in [0.05, 0.1) is 5.92 Å². The third-order valence-corrected chi connectivity index (χ3v) is 5.40. The van der Waals surface area contributed by atoms with Gasteiger partial charge >= 0.3 is 0 Å². The molecular formula is C19H28N2O. The number of benzene rings is 1. The highest BCUT2D eigenvalue weighted by Crippen LogP contribution is 2.34. The number of carbonyl (C=O) groups is 1. The molecule has 0 saturated carbocycles. The summed E-state index contributed by atoms with van der Waals surface area (Å²) in [6, 6.07) is 8.53. The molecule has 120 valence electrons. The first-order valence-corrected chi connectivity index (χ1v) is 8.80. The summed E-state index contributed by atoms with van der Waals surface area (Å²) in [7, 11) is 2.01. The maximum Gasteiger partial charge on any atom is 0.230 e. The largest absolute Gasteiger partial charge is 0.342 e. The van der Waals surface area contributed by atoms with Gasteiger partial charge in [0, 0.05) is 13.1 Å². The Kier molecular flexibility index (Phi) is 5.14. The van der Waals surface area contributed by atoms with Crippen LogP contribution in [0.3, 0.4) is 0 Å². The fourth-order valence-corrected chi connectivity index (χ4v) is 4.02. The van der Waals surface area contributed by atoms with E-state index in [4.69, 9.17) is 0 Å². The van der Waals surface area contributed by atoms with Gasteiger partial charge in [0.1, 0.15) is 0 Å². The predicted octanol–water partition coefficient (Wildman–Crippen LogP) is 2.95. The second-order valence-electron chi connectivity index (χ2n) is 6.80. The lowest BCUT2D eigenvalue weighted by Gasteiger charge is -2.36. The molecule has 1 atom stereocenters. The average molecular weight is 300 g/mol. The summed E-state index contributed by atoms with van der Waals surface area (Å²) < 4.78 is 0. The van der Waals surface area contributed by atoms with Crippen molar-refractivity contribution in [3.05, 3.63) is 35.4 Å². The van der Waals surface area contributed by atoms with Crippen LogP contribution in [0.1, 0.15) is 49.1 Å². The highest BCUT2D eigenvalue weighted by atomic mass is 16.2. The minimum Gasteiger partial charge on any atom is -0.342 e. The van der Waals surface area contributed by atoms with Crippen molar-refractivity contribution < 1.29 is 4.79 Å². The summed E-state index contributed by atoms with van der Waals surface area (Å²) in [5.74, 6) is 1.27. The van der Waals surface area contributed by atoms with Gasteiger partial charge in [-0.2, -0.15) is 0 Å². The molecule has 2 aliphatic rings. The van der Waals surface area contributed by atoms with Gasteiger partial charge in [0.25, 0.3) is 0 Å². The maximum atomic E-state index is 13.0. The van der Waals surface area contributed by atoms with Crippen molar-refractivity contribution in [2.45, 2.75) is 44.4 Å². The molecule has 1 unspecified atom stereocenters. The van der Waals surface area contributed by atoms with Crippen LogP contribution in [-0.2, 0) is 11.2 Å². The predicted molar refractivity (Wildman–Crippen MR) is 90.0 cm³/mol. The smallest absolute Gasteiger partial charge is 0.230 e. The number of carbonyl (C=O) groups excluding carboxylic acids is 1. The zero-order valence-corrected chi connectivity index (χ0v) is 13.7. The number of aryl methyl sites for hydroxylation is 1. The summed E-state index contributed by atoms with van der Waals surface area (Å²) in [6.07, 6.45) is 6.88. The van der Waals surface area contributed by atoms with Crippen molar-refractivity contribution in [1.82, 2.24) is 10.2 Å². The zero-order chi connectivity index (χ0) is 15.4. The molecule has 22 heavy (non-hydrogen) atoms. The topological polar surface area (TPSA) is 32.3 Å². The monoisotopic (exact) mass is 300 g/mol. The number of rotatable bonds is 4. The Morgan fingerprint density at radius 3 is 2.77 bits per heavy atom. The van der Waals surface area contributed by atoms with Crippen molar-refractivity contribution in [2.24, 2.45) is 5.92 Å². The molecule has 3 rings (SSSR count). The summed E-state index contributed by atoms with van der Waals surface area (Å²) >= 11 is 0. The second-order valence-corrected chi connectivity index (χ2v) is 6.80. The molecule has 1 aromatic carbocycles. The lowest BCUT2D eigenvalue weighted by molar-refractivity contribution is -0.134. The normalized spacial score (nSPS) is 22.4. The van der Waals surface area contributed by atoms with E-state index in [2.05, 4.69) is 34.5 Å². The van der Waals surface area contributed by atoms with Crippen LogP contribution in [0.4, 0.5) is 0 Å². The van der Waals surface area contributed by atoms with Gasteiger partial charge in [-0.3, -0.25) is 4.79 Å². The van der Waals surface area contributed by atoms with Gasteiger partial charge < -0.3 is 10.2 Å². The van der Waals surface area contributed by atoms with Crippen LogP contribution in [0.25, 0.3) is 0 Å². The molecule has 1 aliphatic carbocycles. The third kappa shape index (κ3) is 3.35. The van der Waals surface area contributed by atoms with Crippen LogP contribution in [-0.4, -0.2) is 37.5 Å². The lowest BCUT2D eigenvalue weighted by atomic mass is 9.81. The highest BCUT2D eigenvalue weighted by molar-refractivity contribution is 5.84. The van der Waals surface area contributed by atoms with Crippen LogP contribution in [0.5, 0.6) is 0 Å². The molecule has 1 amide bonds. The van der Waals surface area contributed by atoms with Gasteiger partial charge in [0.15, 0.2) is 0 Å². The van der Waals surface area contributed by atoms with E-state index in [9.17, 15) is 4.79 Å². The minimum atomic E-state index is 0.110. The summed E-state index contributed by atoms with van der Waals surface area (Å²) in [6.45, 7) is 2.99. The summed E-state index contributed by atoms with van der Waals surface area (Å²) in [4.78, 5) is 15.1. The Balaban J connectivity index is 1.61. The van der Waals surface area contributed by atoms with E-state index < -0.39 is 0 Å². The van der Waals surface area contributed by atoms with Crippen molar-refractivity contribution in [2.75, 3.05) is 26.7 Å². The first-order chi connectivity index (χ1) is 10.8. The molecule has 0 aromatic heterocycles. The molecule has 1 heterocycles. The molecule has 3 nitrogen and oxygen atoms in total. The van der Waals surface area contributed by atoms with Crippen molar-refractivity contribution in [3.8, 4) is 0 Å². The second kappa shape index (κ2) is 7.28. The average Bonchev–Trinajstić information content (AvgIpc) is 2.59. The highest BCUT2D eigenvalue weighted by Gasteiger charge is 2.31. The number of amides is 1. The van der Waals surface area contributed by atoms with E-state index in [0.717, 1.165) is 44.8 Å². The minimum absolute atomic E-state index is 0.110. The quantitative estimate of drug-likeness (QED) is 0.927. The first-order valence-electron chi connectivity index (χ1n) is 8.80. The molecule has 1 fully saturated rings. The van der Waals surface area contributed by atoms with E-state index >= 15 is 0 Å². The zero-order valence-electron chi connectivity index (χ0n) is 13.7. The molecule has 0 spiro atoms. The molecular weight excluding hydrogens is 272 g/mol. The van der Waals surface area contributed by atoms with E-state index in [1.54, 1.807) is 0 Å². The number of fused-ring (bicyclic) bond motifs is 1. The van der Waals surface area contributed by atoms with E-state index in [0.29, 0.717) is 5.91 Å². The molecule has 1 aromatic rings. The van der Waals surface area contributed by atoms with Crippen LogP contribution in [0, 0.1) is 5.92 Å². The van der Waals surface area contributed by atoms with Gasteiger partial charge in [-0.1, -0.05) is 24.3 Å². The lowest BCUT2D eigenvalue weighted by Crippen LogP contribution is -2.42. The number of nitrogens with zero attached hydrogens (tertiary/aromatic N) is 1. The van der Waals surface area contributed by atoms with Gasteiger partial charge in [-0.05, 0) is 69.2 Å². The van der Waals surface area contributed by atoms with Crippen LogP contribution >= 0.6 is 0 Å². The Labute approximate surface area is 134 Å². The van der Waals surface area contributed by atoms with Crippen molar-refractivity contribution >= 4 is 5.91 Å². The fourth-order valence-electron chi connectivity index (χ4n) is 4.02. The molecule has 3 heteroatoms. The SMILES string of the molecule is CNCCC1CCN(C(=O)C2CCCc3ccccc32)CC1. The molecule has 1 aliphatic heterocycles. The Hall–Kier alpha value is -1.35. The maximum absolute atomic E-state index is 13.0. The van der Waals surface area contributed by atoms with E-state index in [1.807, 2.05) is 7.05 Å². The summed E-state index contributed by atoms with van der Waals surface area (Å²) in [5.41, 5.74) is 2.67. The van der Waals surface area contributed by atoms with Crippen LogP contribution < -0.4 is 5.32 Å². The van der Waals surface area contributed by atoms with Gasteiger partial charge in [-0.15, -0.1) is 0 Å². The Morgan fingerprint density at radius 1 is 1.23 bits per heavy atom. The van der Waals surface area contributed by atoms with Crippen molar-refractivity contribution in [1.29, 1.82) is 0 Å². The fraction of sp³-hybridized carbons (Fsp3) is 0.632. The third-order valence-electron chi connectivity index (χ3n) is 5.40. The Morgan fingerprint density at radius 2 is 2.00 bits per heavy atom. The standard InChI is InChI=1S/C19H28N2O/c1-20-12-9-15-10-13-21(14-11-15)19(22)18-8-4-6-16-5-2-3-7-17(16)18/h2-3,5,7,15,18,20H,4,6,8-14H2,1H3. The number of hydrogen-bond acceptors (Lipinski definition) is 2. The molecule has 1 saturated heterocycles. The number of piperidine rings is 1. The van der Waals surface area contributed by atoms with E-state index in [-0.39, 0.29) is 5.92 Å². The molecule has 1 N–H and O–H groups in total. The van der Waals surface area contributed by atoms with Crippen molar-refractivity contribution in [3.63, 3.8) is 0 Å². The number of nitrogens with one attached hydrogen (secondary N) is 1. The first kappa shape index (κ1) is 15.5. The summed E-state index contributed by atoms with van der Waals surface area (Å²) in [5, 5.41) is 3.23. The van der Waals surface area contributed by atoms with Crippen LogP contribution in [0.2, 0.25) is 0 Å². The Bertz CT molecular complexity index is 506. The molecule has 0 bridgehead atoms.